The molecule has 8 heteroatoms. The number of aryl methyl sites for hydroxylation is 1. The van der Waals surface area contributed by atoms with Gasteiger partial charge < -0.3 is 19.0 Å². The first-order valence-corrected chi connectivity index (χ1v) is 9.45. The molecule has 28 heavy (non-hydrogen) atoms. The Kier molecular flexibility index (Phi) is 5.96. The average molecular weight is 386 g/mol. The van der Waals surface area contributed by atoms with Gasteiger partial charge in [0.15, 0.2) is 0 Å². The second kappa shape index (κ2) is 8.41. The van der Waals surface area contributed by atoms with E-state index in [2.05, 4.69) is 10.2 Å². The van der Waals surface area contributed by atoms with Crippen LogP contribution in [0.15, 0.2) is 34.7 Å². The van der Waals surface area contributed by atoms with Crippen LogP contribution >= 0.6 is 0 Å². The molecule has 0 spiro atoms. The highest BCUT2D eigenvalue weighted by Crippen LogP contribution is 2.18. The Bertz CT molecular complexity index is 805. The summed E-state index contributed by atoms with van der Waals surface area (Å²) in [5.41, 5.74) is 0.332. The summed E-state index contributed by atoms with van der Waals surface area (Å²) in [6.07, 6.45) is 0.354. The molecule has 8 nitrogen and oxygen atoms in total. The first-order chi connectivity index (χ1) is 13.3. The van der Waals surface area contributed by atoms with Gasteiger partial charge in [-0.3, -0.25) is 4.79 Å². The number of aromatic nitrogens is 2. The number of nitrogens with zero attached hydrogens (tertiary/aromatic N) is 4. The van der Waals surface area contributed by atoms with Crippen molar-refractivity contribution >= 4 is 12.0 Å². The van der Waals surface area contributed by atoms with Gasteiger partial charge in [-0.1, -0.05) is 18.2 Å². The fourth-order valence-electron chi connectivity index (χ4n) is 2.89. The molecule has 150 valence electrons. The third-order valence-electron chi connectivity index (χ3n) is 4.32. The Labute approximate surface area is 164 Å². The summed E-state index contributed by atoms with van der Waals surface area (Å²) in [7, 11) is 0. The Morgan fingerprint density at radius 2 is 1.68 bits per heavy atom. The Morgan fingerprint density at radius 3 is 2.32 bits per heavy atom. The molecule has 1 aliphatic heterocycles. The minimum atomic E-state index is -0.521. The lowest BCUT2D eigenvalue weighted by molar-refractivity contribution is -0.133. The summed E-state index contributed by atoms with van der Waals surface area (Å²) in [5.74, 6) is 0.914. The maximum Gasteiger partial charge on any atom is 0.410 e. The molecule has 1 saturated heterocycles. The smallest absolute Gasteiger partial charge is 0.410 e. The van der Waals surface area contributed by atoms with Crippen molar-refractivity contribution in [1.82, 2.24) is 20.0 Å². The normalized spacial score (nSPS) is 14.8. The predicted octanol–water partition coefficient (Wildman–Crippen LogP) is 2.75. The van der Waals surface area contributed by atoms with Crippen LogP contribution in [0.4, 0.5) is 4.79 Å². The summed E-state index contributed by atoms with van der Waals surface area (Å²) >= 11 is 0. The zero-order valence-electron chi connectivity index (χ0n) is 16.6. The number of ether oxygens (including phenoxy) is 1. The van der Waals surface area contributed by atoms with E-state index in [4.69, 9.17) is 9.15 Å². The largest absolute Gasteiger partial charge is 0.444 e. The lowest BCUT2D eigenvalue weighted by atomic mass is 10.2. The summed E-state index contributed by atoms with van der Waals surface area (Å²) in [5, 5.41) is 8.06. The van der Waals surface area contributed by atoms with E-state index < -0.39 is 5.60 Å². The quantitative estimate of drug-likeness (QED) is 0.803. The third-order valence-corrected chi connectivity index (χ3v) is 4.32. The van der Waals surface area contributed by atoms with E-state index in [1.54, 1.807) is 9.80 Å². The van der Waals surface area contributed by atoms with Gasteiger partial charge in [0.25, 0.3) is 0 Å². The number of carbonyl (C=O) groups is 2. The van der Waals surface area contributed by atoms with Crippen LogP contribution in [0.1, 0.15) is 33.1 Å². The highest BCUT2D eigenvalue weighted by Gasteiger charge is 2.27. The Balaban J connectivity index is 1.45. The van der Waals surface area contributed by atoms with Gasteiger partial charge in [-0.2, -0.15) is 0 Å². The van der Waals surface area contributed by atoms with Crippen LogP contribution in [0, 0.1) is 0 Å². The number of piperazine rings is 1. The maximum absolute atomic E-state index is 12.5. The molecule has 1 aliphatic rings. The number of carbonyl (C=O) groups excluding carboxylic acids is 2. The van der Waals surface area contributed by atoms with E-state index in [1.165, 1.54) is 0 Å². The number of benzene rings is 1. The van der Waals surface area contributed by atoms with Crippen molar-refractivity contribution < 1.29 is 18.7 Å². The van der Waals surface area contributed by atoms with Crippen LogP contribution in [0.3, 0.4) is 0 Å². The molecule has 0 bridgehead atoms. The van der Waals surface area contributed by atoms with Crippen molar-refractivity contribution in [3.05, 3.63) is 36.2 Å². The molecule has 2 aromatic rings. The SMILES string of the molecule is CC(C)(C)OC(=O)N1CCN(C(=O)CCc2nnc(-c3ccccc3)o2)CC1. The van der Waals surface area contributed by atoms with Crippen LogP contribution in [0.5, 0.6) is 0 Å². The van der Waals surface area contributed by atoms with E-state index >= 15 is 0 Å². The minimum absolute atomic E-state index is 0.0169. The van der Waals surface area contributed by atoms with Gasteiger partial charge in [-0.15, -0.1) is 10.2 Å². The fraction of sp³-hybridized carbons (Fsp3) is 0.500. The van der Waals surface area contributed by atoms with Crippen molar-refractivity contribution in [2.24, 2.45) is 0 Å². The van der Waals surface area contributed by atoms with Crippen LogP contribution in [-0.2, 0) is 16.0 Å². The van der Waals surface area contributed by atoms with Gasteiger partial charge in [-0.05, 0) is 32.9 Å². The van der Waals surface area contributed by atoms with Gasteiger partial charge in [-0.25, -0.2) is 4.79 Å². The molecule has 0 aliphatic carbocycles. The van der Waals surface area contributed by atoms with Gasteiger partial charge in [0.2, 0.25) is 17.7 Å². The molecule has 0 saturated carbocycles. The number of hydrogen-bond acceptors (Lipinski definition) is 6. The van der Waals surface area contributed by atoms with Crippen molar-refractivity contribution in [3.8, 4) is 11.5 Å². The standard InChI is InChI=1S/C20H26N4O4/c1-20(2,3)28-19(26)24-13-11-23(12-14-24)17(25)10-9-16-21-22-18(27-16)15-7-5-4-6-8-15/h4-8H,9-14H2,1-3H3. The Hall–Kier alpha value is -2.90. The molecule has 0 radical (unpaired) electrons. The first kappa shape index (κ1) is 19.9. The first-order valence-electron chi connectivity index (χ1n) is 9.45. The molecule has 2 amide bonds. The molecular weight excluding hydrogens is 360 g/mol. The van der Waals surface area contributed by atoms with Crippen LogP contribution in [-0.4, -0.2) is 63.8 Å². The summed E-state index contributed by atoms with van der Waals surface area (Å²) in [6.45, 7) is 7.45. The number of rotatable bonds is 4. The molecule has 1 aromatic carbocycles. The molecule has 0 unspecified atom stereocenters. The Morgan fingerprint density at radius 1 is 1.04 bits per heavy atom. The molecular formula is C20H26N4O4. The molecule has 1 fully saturated rings. The van der Waals surface area contributed by atoms with Crippen molar-refractivity contribution in [2.45, 2.75) is 39.2 Å². The van der Waals surface area contributed by atoms with E-state index in [0.29, 0.717) is 50.8 Å². The summed E-state index contributed by atoms with van der Waals surface area (Å²) in [6, 6.07) is 9.51. The minimum Gasteiger partial charge on any atom is -0.444 e. The van der Waals surface area contributed by atoms with Crippen molar-refractivity contribution in [1.29, 1.82) is 0 Å². The molecule has 0 N–H and O–H groups in total. The zero-order valence-corrected chi connectivity index (χ0v) is 16.6. The lowest BCUT2D eigenvalue weighted by Gasteiger charge is -2.35. The molecule has 2 heterocycles. The van der Waals surface area contributed by atoms with E-state index in [9.17, 15) is 9.59 Å². The second-order valence-corrected chi connectivity index (χ2v) is 7.72. The monoisotopic (exact) mass is 386 g/mol. The third kappa shape index (κ3) is 5.31. The second-order valence-electron chi connectivity index (χ2n) is 7.72. The summed E-state index contributed by atoms with van der Waals surface area (Å²) in [4.78, 5) is 27.9. The zero-order chi connectivity index (χ0) is 20.1. The van der Waals surface area contributed by atoms with Crippen LogP contribution in [0.25, 0.3) is 11.5 Å². The maximum atomic E-state index is 12.5. The number of hydrogen-bond donors (Lipinski definition) is 0. The number of amides is 2. The van der Waals surface area contributed by atoms with Crippen LogP contribution in [0.2, 0.25) is 0 Å². The fourth-order valence-corrected chi connectivity index (χ4v) is 2.89. The molecule has 0 atom stereocenters. The highest BCUT2D eigenvalue weighted by molar-refractivity contribution is 5.77. The average Bonchev–Trinajstić information content (AvgIpc) is 3.15. The molecule has 3 rings (SSSR count). The van der Waals surface area contributed by atoms with Crippen molar-refractivity contribution in [2.75, 3.05) is 26.2 Å². The topological polar surface area (TPSA) is 88.8 Å². The predicted molar refractivity (Wildman–Crippen MR) is 102 cm³/mol. The lowest BCUT2D eigenvalue weighted by Crippen LogP contribution is -2.51. The summed E-state index contributed by atoms with van der Waals surface area (Å²) < 4.78 is 11.0. The van der Waals surface area contributed by atoms with E-state index in [-0.39, 0.29) is 12.0 Å². The van der Waals surface area contributed by atoms with Crippen LogP contribution < -0.4 is 0 Å². The van der Waals surface area contributed by atoms with Gasteiger partial charge in [0.05, 0.1) is 0 Å². The highest BCUT2D eigenvalue weighted by atomic mass is 16.6. The van der Waals surface area contributed by atoms with E-state index in [1.807, 2.05) is 51.1 Å². The molecule has 1 aromatic heterocycles. The van der Waals surface area contributed by atoms with Gasteiger partial charge >= 0.3 is 6.09 Å². The van der Waals surface area contributed by atoms with E-state index in [0.717, 1.165) is 5.56 Å². The van der Waals surface area contributed by atoms with Gasteiger partial charge in [0.1, 0.15) is 5.60 Å². The van der Waals surface area contributed by atoms with Crippen molar-refractivity contribution in [3.63, 3.8) is 0 Å². The van der Waals surface area contributed by atoms with Gasteiger partial charge in [0, 0.05) is 44.6 Å².